The molecular formula is C19H16ClN3O4. The lowest BCUT2D eigenvalue weighted by Gasteiger charge is -2.10. The van der Waals surface area contributed by atoms with Crippen molar-refractivity contribution in [2.24, 2.45) is 5.73 Å². The van der Waals surface area contributed by atoms with Crippen LogP contribution in [-0.2, 0) is 9.59 Å². The minimum Gasteiger partial charge on any atom is -0.495 e. The number of ether oxygens (including phenoxy) is 2. The second-order valence-corrected chi connectivity index (χ2v) is 5.73. The molecule has 0 bridgehead atoms. The number of carbonyl (C=O) groups excluding carboxylic acids is 2. The minimum atomic E-state index is -0.605. The van der Waals surface area contributed by atoms with E-state index in [1.807, 2.05) is 6.07 Å². The monoisotopic (exact) mass is 385 g/mol. The second-order valence-electron chi connectivity index (χ2n) is 5.29. The van der Waals surface area contributed by atoms with Crippen molar-refractivity contribution in [2.45, 2.75) is 0 Å². The van der Waals surface area contributed by atoms with Gasteiger partial charge in [0.1, 0.15) is 23.1 Å². The molecule has 0 spiro atoms. The second kappa shape index (κ2) is 9.27. The van der Waals surface area contributed by atoms with Gasteiger partial charge in [0.15, 0.2) is 6.61 Å². The van der Waals surface area contributed by atoms with Gasteiger partial charge in [0.05, 0.1) is 12.8 Å². The Morgan fingerprint density at radius 3 is 2.56 bits per heavy atom. The molecular weight excluding hydrogens is 370 g/mol. The number of hydrogen-bond donors (Lipinski definition) is 2. The van der Waals surface area contributed by atoms with E-state index in [0.29, 0.717) is 27.8 Å². The molecule has 2 amide bonds. The molecule has 0 heterocycles. The SMILES string of the molecule is COc1ccc(Cl)cc1NC(=O)/C(C#N)=C/c1ccc(OCC(N)=O)cc1. The molecule has 0 aromatic heterocycles. The van der Waals surface area contributed by atoms with Crippen molar-refractivity contribution < 1.29 is 19.1 Å². The van der Waals surface area contributed by atoms with Gasteiger partial charge in [0.2, 0.25) is 0 Å². The van der Waals surface area contributed by atoms with Crippen LogP contribution >= 0.6 is 11.6 Å². The number of nitrogens with zero attached hydrogens (tertiary/aromatic N) is 1. The van der Waals surface area contributed by atoms with Crippen LogP contribution in [0.25, 0.3) is 6.08 Å². The van der Waals surface area contributed by atoms with Crippen molar-refractivity contribution in [3.63, 3.8) is 0 Å². The number of hydrogen-bond acceptors (Lipinski definition) is 5. The quantitative estimate of drug-likeness (QED) is 0.561. The van der Waals surface area contributed by atoms with Gasteiger partial charge in [-0.05, 0) is 42.0 Å². The lowest BCUT2D eigenvalue weighted by Crippen LogP contribution is -2.19. The van der Waals surface area contributed by atoms with Crippen LogP contribution in [0.1, 0.15) is 5.56 Å². The molecule has 0 saturated heterocycles. The average molecular weight is 386 g/mol. The highest BCUT2D eigenvalue weighted by atomic mass is 35.5. The van der Waals surface area contributed by atoms with Crippen molar-refractivity contribution in [2.75, 3.05) is 19.0 Å². The van der Waals surface area contributed by atoms with Gasteiger partial charge in [-0.2, -0.15) is 5.26 Å². The van der Waals surface area contributed by atoms with E-state index >= 15 is 0 Å². The molecule has 138 valence electrons. The molecule has 3 N–H and O–H groups in total. The summed E-state index contributed by atoms with van der Waals surface area (Å²) in [6, 6.07) is 13.1. The maximum absolute atomic E-state index is 12.4. The Morgan fingerprint density at radius 1 is 1.26 bits per heavy atom. The van der Waals surface area contributed by atoms with Gasteiger partial charge in [-0.15, -0.1) is 0 Å². The van der Waals surface area contributed by atoms with Gasteiger partial charge < -0.3 is 20.5 Å². The molecule has 0 aliphatic carbocycles. The number of halogens is 1. The summed E-state index contributed by atoms with van der Waals surface area (Å²) in [5.41, 5.74) is 5.86. The number of amides is 2. The predicted molar refractivity (Wildman–Crippen MR) is 101 cm³/mol. The van der Waals surface area contributed by atoms with E-state index in [2.05, 4.69) is 5.32 Å². The number of benzene rings is 2. The van der Waals surface area contributed by atoms with Crippen LogP contribution in [0.2, 0.25) is 5.02 Å². The first-order valence-electron chi connectivity index (χ1n) is 7.70. The van der Waals surface area contributed by atoms with Crippen molar-refractivity contribution in [1.82, 2.24) is 0 Å². The third-order valence-electron chi connectivity index (χ3n) is 3.35. The molecule has 0 unspecified atom stereocenters. The number of carbonyl (C=O) groups is 2. The van der Waals surface area contributed by atoms with Crippen LogP contribution in [0, 0.1) is 11.3 Å². The normalized spacial score (nSPS) is 10.6. The molecule has 8 heteroatoms. The predicted octanol–water partition coefficient (Wildman–Crippen LogP) is 2.76. The smallest absolute Gasteiger partial charge is 0.266 e. The van der Waals surface area contributed by atoms with E-state index in [4.69, 9.17) is 26.8 Å². The molecule has 27 heavy (non-hydrogen) atoms. The molecule has 0 aliphatic rings. The van der Waals surface area contributed by atoms with Gasteiger partial charge in [-0.3, -0.25) is 9.59 Å². The molecule has 2 rings (SSSR count). The van der Waals surface area contributed by atoms with Crippen LogP contribution in [0.15, 0.2) is 48.0 Å². The zero-order chi connectivity index (χ0) is 19.8. The highest BCUT2D eigenvalue weighted by molar-refractivity contribution is 6.31. The van der Waals surface area contributed by atoms with Crippen LogP contribution in [0.4, 0.5) is 5.69 Å². The molecule has 2 aromatic carbocycles. The summed E-state index contributed by atoms with van der Waals surface area (Å²) >= 11 is 5.93. The molecule has 2 aromatic rings. The molecule has 0 aliphatic heterocycles. The Labute approximate surface area is 160 Å². The summed E-state index contributed by atoms with van der Waals surface area (Å²) in [6.45, 7) is -0.234. The number of nitriles is 1. The lowest BCUT2D eigenvalue weighted by molar-refractivity contribution is -0.120. The zero-order valence-corrected chi connectivity index (χ0v) is 15.1. The summed E-state index contributed by atoms with van der Waals surface area (Å²) in [6.07, 6.45) is 1.42. The average Bonchev–Trinajstić information content (AvgIpc) is 2.65. The largest absolute Gasteiger partial charge is 0.495 e. The van der Waals surface area contributed by atoms with Gasteiger partial charge >= 0.3 is 0 Å². The molecule has 0 fully saturated rings. The zero-order valence-electron chi connectivity index (χ0n) is 14.4. The fourth-order valence-corrected chi connectivity index (χ4v) is 2.27. The Balaban J connectivity index is 2.16. The van der Waals surface area contributed by atoms with Crippen LogP contribution in [0.5, 0.6) is 11.5 Å². The van der Waals surface area contributed by atoms with Crippen molar-refractivity contribution in [3.05, 3.63) is 58.6 Å². The van der Waals surface area contributed by atoms with Gasteiger partial charge in [0, 0.05) is 5.02 Å². The Hall–Kier alpha value is -3.50. The van der Waals surface area contributed by atoms with E-state index in [-0.39, 0.29) is 12.2 Å². The summed E-state index contributed by atoms with van der Waals surface area (Å²) < 4.78 is 10.3. The first-order chi connectivity index (χ1) is 12.9. The first-order valence-corrected chi connectivity index (χ1v) is 8.08. The van der Waals surface area contributed by atoms with Crippen LogP contribution < -0.4 is 20.5 Å². The van der Waals surface area contributed by atoms with Gasteiger partial charge in [-0.1, -0.05) is 23.7 Å². The summed E-state index contributed by atoms with van der Waals surface area (Å²) in [5, 5.41) is 12.3. The first kappa shape index (κ1) is 19.8. The maximum Gasteiger partial charge on any atom is 0.266 e. The van der Waals surface area contributed by atoms with Crippen LogP contribution in [0.3, 0.4) is 0 Å². The maximum atomic E-state index is 12.4. The van der Waals surface area contributed by atoms with E-state index in [9.17, 15) is 14.9 Å². The number of nitrogens with one attached hydrogen (secondary N) is 1. The van der Waals surface area contributed by atoms with Gasteiger partial charge in [0.25, 0.3) is 11.8 Å². The standard InChI is InChI=1S/C19H16ClN3O4/c1-26-17-7-4-14(20)9-16(17)23-19(25)13(10-21)8-12-2-5-15(6-3-12)27-11-18(22)24/h2-9H,11H2,1H3,(H2,22,24)(H,23,25)/b13-8+. The molecule has 0 radical (unpaired) electrons. The molecule has 0 saturated carbocycles. The Kier molecular flexibility index (Phi) is 6.80. The third kappa shape index (κ3) is 5.76. The highest BCUT2D eigenvalue weighted by Gasteiger charge is 2.13. The van der Waals surface area contributed by atoms with Crippen LogP contribution in [-0.4, -0.2) is 25.5 Å². The van der Waals surface area contributed by atoms with Crippen molar-refractivity contribution in [3.8, 4) is 17.6 Å². The topological polar surface area (TPSA) is 114 Å². The lowest BCUT2D eigenvalue weighted by atomic mass is 10.1. The summed E-state index contributed by atoms with van der Waals surface area (Å²) in [4.78, 5) is 23.1. The fourth-order valence-electron chi connectivity index (χ4n) is 2.10. The fraction of sp³-hybridized carbons (Fsp3) is 0.105. The summed E-state index contributed by atoms with van der Waals surface area (Å²) in [5.74, 6) is -0.329. The third-order valence-corrected chi connectivity index (χ3v) is 3.58. The number of anilines is 1. The van der Waals surface area contributed by atoms with E-state index in [0.717, 1.165) is 0 Å². The number of methoxy groups -OCH3 is 1. The van der Waals surface area contributed by atoms with E-state index < -0.39 is 11.8 Å². The number of nitrogens with two attached hydrogens (primary N) is 1. The van der Waals surface area contributed by atoms with Gasteiger partial charge in [-0.25, -0.2) is 0 Å². The van der Waals surface area contributed by atoms with Crippen molar-refractivity contribution >= 4 is 35.2 Å². The number of rotatable bonds is 7. The highest BCUT2D eigenvalue weighted by Crippen LogP contribution is 2.28. The minimum absolute atomic E-state index is 0.108. The van der Waals surface area contributed by atoms with E-state index in [1.165, 1.54) is 19.3 Å². The Bertz CT molecular complexity index is 918. The Morgan fingerprint density at radius 2 is 1.96 bits per heavy atom. The van der Waals surface area contributed by atoms with E-state index in [1.54, 1.807) is 36.4 Å². The summed E-state index contributed by atoms with van der Waals surface area (Å²) in [7, 11) is 1.46. The number of primary amides is 1. The molecule has 0 atom stereocenters. The van der Waals surface area contributed by atoms with Crippen molar-refractivity contribution in [1.29, 1.82) is 5.26 Å². The molecule has 7 nitrogen and oxygen atoms in total.